The van der Waals surface area contributed by atoms with E-state index in [-0.39, 0.29) is 11.8 Å². The molecule has 2 heterocycles. The average molecular weight is 298 g/mol. The first-order chi connectivity index (χ1) is 10.5. The number of ether oxygens (including phenoxy) is 1. The van der Waals surface area contributed by atoms with Crippen LogP contribution in [0.1, 0.15) is 41.6 Å². The molecular formula is C17H18N2O3. The van der Waals surface area contributed by atoms with Crippen molar-refractivity contribution < 1.29 is 14.6 Å². The van der Waals surface area contributed by atoms with Crippen molar-refractivity contribution in [2.45, 2.75) is 26.9 Å². The first-order valence-electron chi connectivity index (χ1n) is 7.29. The van der Waals surface area contributed by atoms with E-state index in [9.17, 15) is 9.90 Å². The summed E-state index contributed by atoms with van der Waals surface area (Å²) in [5.74, 6) is -1.01. The zero-order valence-electron chi connectivity index (χ0n) is 12.8. The SMILES string of the molecule is CCOC(C)c1cccc2[nH]c3cnc(C(=O)O)c(C)c3c12. The van der Waals surface area contributed by atoms with Crippen LogP contribution in [-0.4, -0.2) is 27.7 Å². The summed E-state index contributed by atoms with van der Waals surface area (Å²) in [5.41, 5.74) is 3.62. The highest BCUT2D eigenvalue weighted by molar-refractivity contribution is 6.12. The number of fused-ring (bicyclic) bond motifs is 3. The third-order valence-electron chi connectivity index (χ3n) is 4.00. The summed E-state index contributed by atoms with van der Waals surface area (Å²) in [7, 11) is 0. The molecule has 0 amide bonds. The number of aromatic nitrogens is 2. The molecule has 0 saturated carbocycles. The lowest BCUT2D eigenvalue weighted by Crippen LogP contribution is -2.04. The number of nitrogens with one attached hydrogen (secondary N) is 1. The Hall–Kier alpha value is -2.40. The highest BCUT2D eigenvalue weighted by atomic mass is 16.5. The molecule has 0 aliphatic heterocycles. The second-order valence-electron chi connectivity index (χ2n) is 5.32. The molecule has 0 aliphatic rings. The number of pyridine rings is 1. The van der Waals surface area contributed by atoms with Crippen LogP contribution in [0.4, 0.5) is 0 Å². The van der Waals surface area contributed by atoms with Crippen LogP contribution in [0.3, 0.4) is 0 Å². The number of aromatic carboxylic acids is 1. The van der Waals surface area contributed by atoms with Gasteiger partial charge in [-0.2, -0.15) is 0 Å². The van der Waals surface area contributed by atoms with Gasteiger partial charge in [0.1, 0.15) is 0 Å². The summed E-state index contributed by atoms with van der Waals surface area (Å²) in [5, 5.41) is 11.2. The summed E-state index contributed by atoms with van der Waals surface area (Å²) in [6.07, 6.45) is 1.52. The van der Waals surface area contributed by atoms with Crippen LogP contribution >= 0.6 is 0 Å². The van der Waals surface area contributed by atoms with Crippen molar-refractivity contribution in [3.63, 3.8) is 0 Å². The van der Waals surface area contributed by atoms with Crippen molar-refractivity contribution in [3.05, 3.63) is 41.2 Å². The maximum atomic E-state index is 11.3. The second kappa shape index (κ2) is 5.42. The fourth-order valence-electron chi connectivity index (χ4n) is 3.02. The molecule has 0 bridgehead atoms. The van der Waals surface area contributed by atoms with Crippen molar-refractivity contribution in [1.29, 1.82) is 0 Å². The van der Waals surface area contributed by atoms with E-state index in [4.69, 9.17) is 4.74 Å². The Kier molecular flexibility index (Phi) is 3.58. The molecule has 5 heteroatoms. The van der Waals surface area contributed by atoms with Crippen molar-refractivity contribution in [2.75, 3.05) is 6.61 Å². The van der Waals surface area contributed by atoms with Gasteiger partial charge in [0.15, 0.2) is 5.69 Å². The highest BCUT2D eigenvalue weighted by Gasteiger charge is 2.19. The lowest BCUT2D eigenvalue weighted by Gasteiger charge is -2.14. The number of carboxylic acids is 1. The number of hydrogen-bond donors (Lipinski definition) is 2. The van der Waals surface area contributed by atoms with Gasteiger partial charge in [-0.3, -0.25) is 0 Å². The monoisotopic (exact) mass is 298 g/mol. The number of rotatable bonds is 4. The van der Waals surface area contributed by atoms with Gasteiger partial charge >= 0.3 is 5.97 Å². The van der Waals surface area contributed by atoms with Crippen LogP contribution in [0.2, 0.25) is 0 Å². The number of aromatic amines is 1. The molecule has 3 aromatic rings. The normalized spacial score (nSPS) is 12.9. The molecule has 1 aromatic carbocycles. The first kappa shape index (κ1) is 14.5. The van der Waals surface area contributed by atoms with E-state index in [2.05, 4.69) is 9.97 Å². The van der Waals surface area contributed by atoms with Gasteiger partial charge in [0.05, 0.1) is 17.8 Å². The van der Waals surface area contributed by atoms with Crippen LogP contribution in [0.25, 0.3) is 21.8 Å². The van der Waals surface area contributed by atoms with Gasteiger partial charge in [-0.25, -0.2) is 9.78 Å². The number of benzene rings is 1. The molecule has 0 radical (unpaired) electrons. The largest absolute Gasteiger partial charge is 0.477 e. The molecule has 0 spiro atoms. The number of carbonyl (C=O) groups is 1. The van der Waals surface area contributed by atoms with Gasteiger partial charge in [-0.05, 0) is 38.0 Å². The first-order valence-corrected chi connectivity index (χ1v) is 7.29. The maximum Gasteiger partial charge on any atom is 0.354 e. The van der Waals surface area contributed by atoms with Crippen molar-refractivity contribution in [1.82, 2.24) is 9.97 Å². The average Bonchev–Trinajstić information content (AvgIpc) is 2.86. The summed E-state index contributed by atoms with van der Waals surface area (Å²) < 4.78 is 5.73. The number of hydrogen-bond acceptors (Lipinski definition) is 3. The molecule has 2 N–H and O–H groups in total. The molecular weight excluding hydrogens is 280 g/mol. The smallest absolute Gasteiger partial charge is 0.354 e. The van der Waals surface area contributed by atoms with E-state index in [1.807, 2.05) is 32.0 Å². The molecule has 0 aliphatic carbocycles. The zero-order chi connectivity index (χ0) is 15.9. The van der Waals surface area contributed by atoms with Gasteiger partial charge in [0, 0.05) is 22.9 Å². The Bertz CT molecular complexity index is 867. The van der Waals surface area contributed by atoms with E-state index in [0.29, 0.717) is 12.2 Å². The van der Waals surface area contributed by atoms with E-state index in [1.165, 1.54) is 0 Å². The third-order valence-corrected chi connectivity index (χ3v) is 4.00. The standard InChI is InChI=1S/C17H18N2O3/c1-4-22-10(3)11-6-5-7-12-15(11)14-9(2)16(17(20)21)18-8-13(14)19-12/h5-8,10,19H,4H2,1-3H3,(H,20,21). The van der Waals surface area contributed by atoms with Gasteiger partial charge in [-0.1, -0.05) is 12.1 Å². The topological polar surface area (TPSA) is 75.2 Å². The molecule has 1 unspecified atom stereocenters. The van der Waals surface area contributed by atoms with Crippen molar-refractivity contribution in [2.24, 2.45) is 0 Å². The minimum Gasteiger partial charge on any atom is -0.477 e. The van der Waals surface area contributed by atoms with Crippen LogP contribution in [0, 0.1) is 6.92 Å². The summed E-state index contributed by atoms with van der Waals surface area (Å²) in [4.78, 5) is 18.7. The molecule has 0 saturated heterocycles. The van der Waals surface area contributed by atoms with Crippen LogP contribution in [0.15, 0.2) is 24.4 Å². The molecule has 114 valence electrons. The molecule has 2 aromatic heterocycles. The molecule has 22 heavy (non-hydrogen) atoms. The van der Waals surface area contributed by atoms with Crippen LogP contribution < -0.4 is 0 Å². The predicted octanol–water partition coefficient (Wildman–Crippen LogP) is 3.82. The van der Waals surface area contributed by atoms with Crippen molar-refractivity contribution >= 4 is 27.8 Å². The Labute approximate surface area is 127 Å². The lowest BCUT2D eigenvalue weighted by molar-refractivity contribution is 0.0690. The molecule has 3 rings (SSSR count). The molecule has 1 atom stereocenters. The van der Waals surface area contributed by atoms with Crippen LogP contribution in [0.5, 0.6) is 0 Å². The third kappa shape index (κ3) is 2.14. The minimum atomic E-state index is -1.01. The summed E-state index contributed by atoms with van der Waals surface area (Å²) in [6, 6.07) is 5.98. The number of nitrogens with zero attached hydrogens (tertiary/aromatic N) is 1. The second-order valence-corrected chi connectivity index (χ2v) is 5.32. The number of aryl methyl sites for hydroxylation is 1. The van der Waals surface area contributed by atoms with Gasteiger partial charge in [0.25, 0.3) is 0 Å². The number of H-pyrrole nitrogens is 1. The quantitative estimate of drug-likeness (QED) is 0.767. The zero-order valence-corrected chi connectivity index (χ0v) is 12.8. The van der Waals surface area contributed by atoms with E-state index >= 15 is 0 Å². The minimum absolute atomic E-state index is 0.0615. The lowest BCUT2D eigenvalue weighted by atomic mass is 10.00. The van der Waals surface area contributed by atoms with Gasteiger partial charge in [-0.15, -0.1) is 0 Å². The van der Waals surface area contributed by atoms with E-state index < -0.39 is 5.97 Å². The fraction of sp³-hybridized carbons (Fsp3) is 0.294. The Balaban J connectivity index is 2.39. The predicted molar refractivity (Wildman–Crippen MR) is 85.3 cm³/mol. The van der Waals surface area contributed by atoms with Crippen molar-refractivity contribution in [3.8, 4) is 0 Å². The fourth-order valence-corrected chi connectivity index (χ4v) is 3.02. The van der Waals surface area contributed by atoms with E-state index in [1.54, 1.807) is 13.1 Å². The molecule has 5 nitrogen and oxygen atoms in total. The number of carboxylic acid groups (broad SMARTS) is 1. The Morgan fingerprint density at radius 1 is 1.36 bits per heavy atom. The summed E-state index contributed by atoms with van der Waals surface area (Å²) >= 11 is 0. The Morgan fingerprint density at radius 2 is 2.14 bits per heavy atom. The van der Waals surface area contributed by atoms with Gasteiger partial charge in [0.2, 0.25) is 0 Å². The Morgan fingerprint density at radius 3 is 2.82 bits per heavy atom. The molecule has 0 fully saturated rings. The highest BCUT2D eigenvalue weighted by Crippen LogP contribution is 2.35. The van der Waals surface area contributed by atoms with Crippen LogP contribution in [-0.2, 0) is 4.74 Å². The summed E-state index contributed by atoms with van der Waals surface area (Å²) in [6.45, 7) is 6.39. The van der Waals surface area contributed by atoms with E-state index in [0.717, 1.165) is 27.4 Å². The van der Waals surface area contributed by atoms with Gasteiger partial charge < -0.3 is 14.8 Å². The maximum absolute atomic E-state index is 11.3.